The largest absolute Gasteiger partial charge is 0.451 e. The number of carbonyl (C=O) groups excluding carboxylic acids is 3. The molecule has 1 spiro atoms. The Bertz CT molecular complexity index is 1070. The normalized spacial score (nSPS) is 20.3. The molecule has 4 N–H and O–H groups in total. The number of H-pyrrole nitrogens is 2. The second kappa shape index (κ2) is 5.30. The lowest BCUT2D eigenvalue weighted by Crippen LogP contribution is -2.70. The zero-order valence-corrected chi connectivity index (χ0v) is 13.5. The lowest BCUT2D eigenvalue weighted by molar-refractivity contribution is -0.151. The molecule has 1 aromatic carbocycles. The Labute approximate surface area is 148 Å². The number of rotatable bonds is 1. The van der Waals surface area contributed by atoms with E-state index in [0.29, 0.717) is 10.6 Å². The van der Waals surface area contributed by atoms with E-state index < -0.39 is 40.6 Å². The van der Waals surface area contributed by atoms with Gasteiger partial charge in [0.05, 0.1) is 11.5 Å². The number of fused-ring (bicyclic) bond motifs is 1. The van der Waals surface area contributed by atoms with E-state index in [9.17, 15) is 24.0 Å². The minimum absolute atomic E-state index is 0.119. The molecule has 2 aliphatic heterocycles. The summed E-state index contributed by atoms with van der Waals surface area (Å²) in [6, 6.07) is 5.02. The van der Waals surface area contributed by atoms with Crippen LogP contribution in [0.15, 0.2) is 33.9 Å². The molecule has 11 heteroatoms. The van der Waals surface area contributed by atoms with E-state index in [1.54, 1.807) is 0 Å². The van der Waals surface area contributed by atoms with Crippen molar-refractivity contribution in [2.24, 2.45) is 0 Å². The summed E-state index contributed by atoms with van der Waals surface area (Å²) in [5.41, 5.74) is -3.73. The van der Waals surface area contributed by atoms with Gasteiger partial charge in [0.1, 0.15) is 0 Å². The van der Waals surface area contributed by atoms with Crippen LogP contribution in [0.25, 0.3) is 0 Å². The van der Waals surface area contributed by atoms with Crippen LogP contribution in [0.2, 0.25) is 5.02 Å². The quantitative estimate of drug-likeness (QED) is 0.485. The summed E-state index contributed by atoms with van der Waals surface area (Å²) in [4.78, 5) is 64.9. The number of benzene rings is 1. The molecule has 0 saturated carbocycles. The standard InChI is InChI=1S/C15H9ClN4O6/c16-6-3-1-5(2-4-6)8-7-9(21)17-13(24)18-10(7)26-15(8)11(22)19-14(25)20-12(15)23/h1-4,8H,(H2,17,18,21,24)(H2,19,20,22,23,25). The van der Waals surface area contributed by atoms with E-state index >= 15 is 0 Å². The van der Waals surface area contributed by atoms with Crippen molar-refractivity contribution in [3.8, 4) is 5.88 Å². The number of imide groups is 2. The summed E-state index contributed by atoms with van der Waals surface area (Å²) in [5.74, 6) is -3.65. The third kappa shape index (κ3) is 2.09. The second-order valence-corrected chi connectivity index (χ2v) is 6.15. The van der Waals surface area contributed by atoms with E-state index in [4.69, 9.17) is 16.3 Å². The molecule has 0 aliphatic carbocycles. The van der Waals surface area contributed by atoms with E-state index in [1.165, 1.54) is 24.3 Å². The Hall–Kier alpha value is -3.40. The fourth-order valence-corrected chi connectivity index (χ4v) is 3.30. The number of ether oxygens (including phenoxy) is 1. The number of amides is 4. The van der Waals surface area contributed by atoms with Gasteiger partial charge in [0.2, 0.25) is 5.88 Å². The van der Waals surface area contributed by atoms with Crippen molar-refractivity contribution in [3.05, 3.63) is 61.3 Å². The zero-order valence-electron chi connectivity index (χ0n) is 12.7. The van der Waals surface area contributed by atoms with E-state index in [2.05, 4.69) is 4.98 Å². The maximum Gasteiger partial charge on any atom is 0.328 e. The highest BCUT2D eigenvalue weighted by Gasteiger charge is 2.64. The van der Waals surface area contributed by atoms with Gasteiger partial charge in [-0.2, -0.15) is 0 Å². The summed E-state index contributed by atoms with van der Waals surface area (Å²) < 4.78 is 5.48. The number of urea groups is 1. The lowest BCUT2D eigenvalue weighted by Gasteiger charge is -2.33. The number of aromatic nitrogens is 2. The Morgan fingerprint density at radius 1 is 0.923 bits per heavy atom. The molecule has 26 heavy (non-hydrogen) atoms. The van der Waals surface area contributed by atoms with Crippen LogP contribution in [0.3, 0.4) is 0 Å². The molecule has 132 valence electrons. The number of hydrogen-bond donors (Lipinski definition) is 4. The van der Waals surface area contributed by atoms with Crippen LogP contribution in [0.1, 0.15) is 17.0 Å². The molecule has 4 rings (SSSR count). The smallest absolute Gasteiger partial charge is 0.328 e. The molecule has 0 radical (unpaired) electrons. The maximum atomic E-state index is 12.6. The van der Waals surface area contributed by atoms with Crippen molar-refractivity contribution in [1.82, 2.24) is 20.6 Å². The predicted octanol–water partition coefficient (Wildman–Crippen LogP) is -0.654. The van der Waals surface area contributed by atoms with Crippen LogP contribution >= 0.6 is 11.6 Å². The third-order valence-corrected chi connectivity index (χ3v) is 4.49. The van der Waals surface area contributed by atoms with Gasteiger partial charge in [-0.1, -0.05) is 23.7 Å². The van der Waals surface area contributed by atoms with Crippen molar-refractivity contribution in [3.63, 3.8) is 0 Å². The predicted molar refractivity (Wildman–Crippen MR) is 86.0 cm³/mol. The summed E-state index contributed by atoms with van der Waals surface area (Å²) >= 11 is 5.87. The number of nitrogens with one attached hydrogen (secondary N) is 4. The van der Waals surface area contributed by atoms with Gasteiger partial charge in [0.15, 0.2) is 0 Å². The second-order valence-electron chi connectivity index (χ2n) is 5.71. The van der Waals surface area contributed by atoms with Crippen molar-refractivity contribution >= 4 is 29.4 Å². The Kier molecular flexibility index (Phi) is 3.28. The molecule has 3 heterocycles. The number of halogens is 1. The van der Waals surface area contributed by atoms with Crippen LogP contribution in [0.4, 0.5) is 4.79 Å². The molecule has 1 atom stereocenters. The third-order valence-electron chi connectivity index (χ3n) is 4.23. The summed E-state index contributed by atoms with van der Waals surface area (Å²) in [6.07, 6.45) is 0. The van der Waals surface area contributed by atoms with Gasteiger partial charge >= 0.3 is 11.7 Å². The molecular weight excluding hydrogens is 368 g/mol. The van der Waals surface area contributed by atoms with Gasteiger partial charge in [-0.05, 0) is 17.7 Å². The van der Waals surface area contributed by atoms with Gasteiger partial charge in [-0.25, -0.2) is 9.59 Å². The number of aromatic amines is 2. The highest BCUT2D eigenvalue weighted by Crippen LogP contribution is 2.46. The molecule has 1 saturated heterocycles. The lowest BCUT2D eigenvalue weighted by atomic mass is 9.77. The number of carbonyl (C=O) groups is 3. The van der Waals surface area contributed by atoms with Crippen LogP contribution < -0.4 is 26.6 Å². The SMILES string of the molecule is O=C1NC(=O)C2(Oc3[nH]c(=O)[nH]c(=O)c3C2c2ccc(Cl)cc2)C(=O)N1. The molecule has 0 bridgehead atoms. The first-order valence-corrected chi connectivity index (χ1v) is 7.68. The molecule has 2 aliphatic rings. The Morgan fingerprint density at radius 3 is 2.15 bits per heavy atom. The topological polar surface area (TPSA) is 150 Å². The van der Waals surface area contributed by atoms with Crippen LogP contribution in [-0.4, -0.2) is 33.4 Å². The first-order valence-electron chi connectivity index (χ1n) is 7.31. The molecule has 1 unspecified atom stereocenters. The number of barbiturate groups is 1. The zero-order chi connectivity index (χ0) is 18.6. The first kappa shape index (κ1) is 16.1. The van der Waals surface area contributed by atoms with E-state index in [-0.39, 0.29) is 11.4 Å². The fourth-order valence-electron chi connectivity index (χ4n) is 3.18. The average molecular weight is 377 g/mol. The van der Waals surface area contributed by atoms with Gasteiger partial charge in [-0.15, -0.1) is 0 Å². The van der Waals surface area contributed by atoms with Crippen LogP contribution in [0, 0.1) is 0 Å². The Balaban J connectivity index is 2.02. The van der Waals surface area contributed by atoms with Gasteiger partial charge in [0, 0.05) is 5.02 Å². The first-order chi connectivity index (χ1) is 12.3. The number of hydrogen-bond acceptors (Lipinski definition) is 6. The average Bonchev–Trinajstić information content (AvgIpc) is 2.90. The highest BCUT2D eigenvalue weighted by atomic mass is 35.5. The van der Waals surface area contributed by atoms with Gasteiger partial charge in [-0.3, -0.25) is 35.0 Å². The van der Waals surface area contributed by atoms with Gasteiger partial charge < -0.3 is 4.74 Å². The highest BCUT2D eigenvalue weighted by molar-refractivity contribution is 6.30. The van der Waals surface area contributed by atoms with Crippen molar-refractivity contribution in [1.29, 1.82) is 0 Å². The maximum absolute atomic E-state index is 12.6. The molecule has 1 aromatic heterocycles. The van der Waals surface area contributed by atoms with Gasteiger partial charge in [0.25, 0.3) is 23.0 Å². The molecule has 2 aromatic rings. The van der Waals surface area contributed by atoms with Crippen LogP contribution in [0.5, 0.6) is 5.88 Å². The molecular formula is C15H9ClN4O6. The van der Waals surface area contributed by atoms with Crippen LogP contribution in [-0.2, 0) is 9.59 Å². The minimum Gasteiger partial charge on any atom is -0.451 e. The molecule has 1 fully saturated rings. The van der Waals surface area contributed by atoms with Crippen molar-refractivity contribution in [2.75, 3.05) is 0 Å². The van der Waals surface area contributed by atoms with Crippen molar-refractivity contribution < 1.29 is 19.1 Å². The van der Waals surface area contributed by atoms with E-state index in [1.807, 2.05) is 15.6 Å². The van der Waals surface area contributed by atoms with Crippen molar-refractivity contribution in [2.45, 2.75) is 11.5 Å². The molecule has 4 amide bonds. The molecule has 10 nitrogen and oxygen atoms in total. The summed E-state index contributed by atoms with van der Waals surface area (Å²) in [7, 11) is 0. The van der Waals surface area contributed by atoms with E-state index in [0.717, 1.165) is 0 Å². The monoisotopic (exact) mass is 376 g/mol. The Morgan fingerprint density at radius 2 is 1.54 bits per heavy atom. The minimum atomic E-state index is -2.28. The fraction of sp³-hybridized carbons (Fsp3) is 0.133. The summed E-state index contributed by atoms with van der Waals surface area (Å²) in [6.45, 7) is 0. The summed E-state index contributed by atoms with van der Waals surface area (Å²) in [5, 5.41) is 4.31.